The molecule has 1 saturated carbocycles. The van der Waals surface area contributed by atoms with Crippen LogP contribution in [0.2, 0.25) is 0 Å². The molecule has 1 aromatic heterocycles. The van der Waals surface area contributed by atoms with Crippen LogP contribution in [0.3, 0.4) is 0 Å². The summed E-state index contributed by atoms with van der Waals surface area (Å²) in [6.07, 6.45) is 3.40. The summed E-state index contributed by atoms with van der Waals surface area (Å²) < 4.78 is 26.5. The van der Waals surface area contributed by atoms with Crippen LogP contribution >= 0.6 is 0 Å². The van der Waals surface area contributed by atoms with E-state index in [0.29, 0.717) is 36.4 Å². The van der Waals surface area contributed by atoms with Gasteiger partial charge in [-0.25, -0.2) is 8.78 Å². The molecule has 1 heterocycles. The van der Waals surface area contributed by atoms with Crippen LogP contribution in [0.4, 0.5) is 8.78 Å². The summed E-state index contributed by atoms with van der Waals surface area (Å²) in [5.74, 6) is -0.0236. The number of nitrogens with two attached hydrogens (primary N) is 1. The van der Waals surface area contributed by atoms with Gasteiger partial charge in [0, 0.05) is 28.8 Å². The van der Waals surface area contributed by atoms with Gasteiger partial charge >= 0.3 is 0 Å². The fourth-order valence-corrected chi connectivity index (χ4v) is 3.56. The zero-order chi connectivity index (χ0) is 21.0. The third-order valence-corrected chi connectivity index (χ3v) is 5.29. The number of nitrogens with one attached hydrogen (secondary N) is 1. The minimum Gasteiger partial charge on any atom is -0.370 e. The van der Waals surface area contributed by atoms with Crippen LogP contribution in [-0.4, -0.2) is 10.9 Å². The van der Waals surface area contributed by atoms with Gasteiger partial charge in [0.2, 0.25) is 5.91 Å². The largest absolute Gasteiger partial charge is 0.370 e. The second kappa shape index (κ2) is 9.16. The lowest BCUT2D eigenvalue weighted by atomic mass is 9.94. The molecule has 1 aliphatic carbocycles. The molecule has 3 N–H and O–H groups in total. The molecular weight excluding hydrogens is 374 g/mol. The van der Waals surface area contributed by atoms with Gasteiger partial charge in [-0.2, -0.15) is 0 Å². The molecule has 154 valence electrons. The first-order chi connectivity index (χ1) is 13.9. The number of hydrogen-bond acceptors (Lipinski definition) is 2. The van der Waals surface area contributed by atoms with Gasteiger partial charge in [0.25, 0.3) is 12.0 Å². The third-order valence-electron chi connectivity index (χ3n) is 5.29. The van der Waals surface area contributed by atoms with E-state index in [1.165, 1.54) is 6.07 Å². The zero-order valence-electron chi connectivity index (χ0n) is 16.5. The first-order valence-electron chi connectivity index (χ1n) is 10.0. The molecule has 2 aromatic rings. The second-order valence-corrected chi connectivity index (χ2v) is 7.47. The summed E-state index contributed by atoms with van der Waals surface area (Å²) in [6, 6.07) is 8.61. The molecule has 1 amide bonds. The molecule has 0 bridgehead atoms. The highest BCUT2D eigenvalue weighted by molar-refractivity contribution is 5.78. The lowest BCUT2D eigenvalue weighted by Gasteiger charge is -2.14. The summed E-state index contributed by atoms with van der Waals surface area (Å²) in [7, 11) is 0. The van der Waals surface area contributed by atoms with E-state index in [9.17, 15) is 18.4 Å². The van der Waals surface area contributed by atoms with Gasteiger partial charge in [-0.3, -0.25) is 9.59 Å². The number of aromatic nitrogens is 1. The fourth-order valence-electron chi connectivity index (χ4n) is 3.56. The Balaban J connectivity index is 1.99. The summed E-state index contributed by atoms with van der Waals surface area (Å²) in [4.78, 5) is 26.5. The van der Waals surface area contributed by atoms with Gasteiger partial charge in [0.15, 0.2) is 0 Å². The van der Waals surface area contributed by atoms with Crippen LogP contribution in [0.25, 0.3) is 5.57 Å². The topological polar surface area (TPSA) is 76.0 Å². The van der Waals surface area contributed by atoms with Crippen LogP contribution in [0.1, 0.15) is 79.3 Å². The second-order valence-electron chi connectivity index (χ2n) is 7.47. The van der Waals surface area contributed by atoms with Crippen molar-refractivity contribution in [3.63, 3.8) is 0 Å². The van der Waals surface area contributed by atoms with Crippen molar-refractivity contribution in [3.8, 4) is 0 Å². The van der Waals surface area contributed by atoms with E-state index in [2.05, 4.69) is 4.98 Å². The smallest absolute Gasteiger partial charge is 0.264 e. The van der Waals surface area contributed by atoms with Crippen molar-refractivity contribution in [1.82, 2.24) is 4.98 Å². The predicted octanol–water partition coefficient (Wildman–Crippen LogP) is 4.84. The molecule has 0 saturated heterocycles. The maximum atomic E-state index is 13.3. The van der Waals surface area contributed by atoms with E-state index in [4.69, 9.17) is 5.73 Å². The van der Waals surface area contributed by atoms with Gasteiger partial charge in [-0.05, 0) is 55.2 Å². The Bertz CT molecular complexity index is 975. The Morgan fingerprint density at radius 1 is 1.28 bits per heavy atom. The van der Waals surface area contributed by atoms with Gasteiger partial charge in [-0.15, -0.1) is 0 Å². The summed E-state index contributed by atoms with van der Waals surface area (Å²) in [5.41, 5.74) is 8.69. The SMILES string of the molecule is CCc1cc(/C(=C\CCCC(N)=O)c2ccc(C3CC3)c(=O)[nH]2)ccc1C(F)F. The standard InChI is InChI=1S/C23H26F2N2O2/c1-2-14-13-16(9-10-18(14)22(24)25)17(5-3-4-6-21(26)28)20-12-11-19(15-7-8-15)23(29)27-20/h5,9-13,15,22H,2-4,6-8H2,1H3,(H2,26,28)(H,27,29)/b17-5+. The highest BCUT2D eigenvalue weighted by Gasteiger charge is 2.26. The van der Waals surface area contributed by atoms with Crippen molar-refractivity contribution in [1.29, 1.82) is 0 Å². The molecule has 0 atom stereocenters. The average Bonchev–Trinajstić information content (AvgIpc) is 3.52. The molecular formula is C23H26F2N2O2. The number of primary amides is 1. The molecule has 4 nitrogen and oxygen atoms in total. The number of halogens is 2. The van der Waals surface area contributed by atoms with Crippen molar-refractivity contribution in [2.45, 2.75) is 57.8 Å². The van der Waals surface area contributed by atoms with E-state index in [1.54, 1.807) is 12.1 Å². The summed E-state index contributed by atoms with van der Waals surface area (Å²) in [5, 5.41) is 0. The van der Waals surface area contributed by atoms with Crippen LogP contribution in [-0.2, 0) is 11.2 Å². The lowest BCUT2D eigenvalue weighted by Crippen LogP contribution is -2.13. The number of H-pyrrole nitrogens is 1. The normalized spacial score (nSPS) is 14.4. The van der Waals surface area contributed by atoms with Crippen molar-refractivity contribution < 1.29 is 13.6 Å². The first-order valence-corrected chi connectivity index (χ1v) is 10.0. The Morgan fingerprint density at radius 3 is 2.62 bits per heavy atom. The van der Waals surface area contributed by atoms with E-state index < -0.39 is 6.43 Å². The molecule has 0 aliphatic heterocycles. The van der Waals surface area contributed by atoms with Crippen molar-refractivity contribution in [2.75, 3.05) is 0 Å². The van der Waals surface area contributed by atoms with Gasteiger partial charge < -0.3 is 10.7 Å². The highest BCUT2D eigenvalue weighted by Crippen LogP contribution is 2.38. The molecule has 1 aromatic carbocycles. The number of aromatic amines is 1. The maximum Gasteiger partial charge on any atom is 0.264 e. The number of allylic oxidation sites excluding steroid dienone is 1. The van der Waals surface area contributed by atoms with Crippen LogP contribution in [0.15, 0.2) is 41.2 Å². The molecule has 6 heteroatoms. The van der Waals surface area contributed by atoms with E-state index in [0.717, 1.165) is 29.5 Å². The average molecular weight is 400 g/mol. The number of alkyl halides is 2. The number of amides is 1. The quantitative estimate of drug-likeness (QED) is 0.591. The van der Waals surface area contributed by atoms with E-state index in [1.807, 2.05) is 25.1 Å². The minimum atomic E-state index is -2.53. The number of hydrogen-bond donors (Lipinski definition) is 2. The predicted molar refractivity (Wildman–Crippen MR) is 110 cm³/mol. The van der Waals surface area contributed by atoms with Gasteiger partial charge in [0.1, 0.15) is 0 Å². The monoisotopic (exact) mass is 400 g/mol. The fraction of sp³-hybridized carbons (Fsp3) is 0.391. The van der Waals surface area contributed by atoms with Crippen molar-refractivity contribution >= 4 is 11.5 Å². The van der Waals surface area contributed by atoms with Crippen molar-refractivity contribution in [2.24, 2.45) is 5.73 Å². The number of carbonyl (C=O) groups excluding carboxylic acids is 1. The number of unbranched alkanes of at least 4 members (excludes halogenated alkanes) is 1. The Labute approximate surface area is 168 Å². The molecule has 3 rings (SSSR count). The number of carbonyl (C=O) groups is 1. The number of rotatable bonds is 9. The Kier molecular flexibility index (Phi) is 6.62. The molecule has 29 heavy (non-hydrogen) atoms. The zero-order valence-corrected chi connectivity index (χ0v) is 16.5. The molecule has 0 unspecified atom stereocenters. The van der Waals surface area contributed by atoms with E-state index >= 15 is 0 Å². The molecule has 0 radical (unpaired) electrons. The number of aryl methyl sites for hydroxylation is 1. The molecule has 1 aliphatic rings. The minimum absolute atomic E-state index is 0.0295. The van der Waals surface area contributed by atoms with Gasteiger partial charge in [-0.1, -0.05) is 37.3 Å². The van der Waals surface area contributed by atoms with Gasteiger partial charge in [0.05, 0.1) is 0 Å². The number of benzene rings is 1. The van der Waals surface area contributed by atoms with E-state index in [-0.39, 0.29) is 23.5 Å². The van der Waals surface area contributed by atoms with Crippen molar-refractivity contribution in [3.05, 3.63) is 74.7 Å². The van der Waals surface area contributed by atoms with Crippen LogP contribution < -0.4 is 11.3 Å². The summed E-state index contributed by atoms with van der Waals surface area (Å²) >= 11 is 0. The van der Waals surface area contributed by atoms with Crippen LogP contribution in [0.5, 0.6) is 0 Å². The maximum absolute atomic E-state index is 13.3. The highest BCUT2D eigenvalue weighted by atomic mass is 19.3. The third kappa shape index (κ3) is 5.19. The lowest BCUT2D eigenvalue weighted by molar-refractivity contribution is -0.118. The molecule has 0 spiro atoms. The molecule has 1 fully saturated rings. The van der Waals surface area contributed by atoms with Crippen LogP contribution in [0, 0.1) is 0 Å². The Morgan fingerprint density at radius 2 is 2.03 bits per heavy atom. The Hall–Kier alpha value is -2.76. The summed E-state index contributed by atoms with van der Waals surface area (Å²) in [6.45, 7) is 1.84. The number of pyridine rings is 1. The first kappa shape index (κ1) is 21.0.